The van der Waals surface area contributed by atoms with E-state index in [9.17, 15) is 0 Å². The van der Waals surface area contributed by atoms with E-state index < -0.39 is 0 Å². The highest BCUT2D eigenvalue weighted by Crippen LogP contribution is 2.50. The first kappa shape index (κ1) is 22.1. The average molecular weight is 392 g/mol. The molecule has 0 radical (unpaired) electrons. The van der Waals surface area contributed by atoms with Gasteiger partial charge in [-0.1, -0.05) is 93.8 Å². The van der Waals surface area contributed by atoms with Gasteiger partial charge in [-0.15, -0.1) is 0 Å². The van der Waals surface area contributed by atoms with Crippen LogP contribution < -0.4 is 5.32 Å². The van der Waals surface area contributed by atoms with E-state index in [4.69, 9.17) is 0 Å². The number of hydrogen-bond acceptors (Lipinski definition) is 1. The van der Waals surface area contributed by atoms with Crippen molar-refractivity contribution >= 4 is 0 Å². The molecule has 1 N–H and O–H groups in total. The molecular formula is C28H41N. The molecule has 0 saturated heterocycles. The molecule has 0 aromatic heterocycles. The Morgan fingerprint density at radius 2 is 1.93 bits per heavy atom. The summed E-state index contributed by atoms with van der Waals surface area (Å²) in [5.74, 6) is 1.21. The number of nitrogens with one attached hydrogen (secondary N) is 1. The van der Waals surface area contributed by atoms with Gasteiger partial charge < -0.3 is 5.32 Å². The van der Waals surface area contributed by atoms with Crippen molar-refractivity contribution in [3.8, 4) is 0 Å². The van der Waals surface area contributed by atoms with Gasteiger partial charge in [0.15, 0.2) is 0 Å². The van der Waals surface area contributed by atoms with E-state index >= 15 is 0 Å². The molecule has 1 aromatic rings. The highest BCUT2D eigenvalue weighted by atomic mass is 15.0. The van der Waals surface area contributed by atoms with Crippen LogP contribution >= 0.6 is 0 Å². The third kappa shape index (κ3) is 4.77. The monoisotopic (exact) mass is 391 g/mol. The van der Waals surface area contributed by atoms with Crippen LogP contribution in [0.4, 0.5) is 0 Å². The fraction of sp³-hybridized carbons (Fsp3) is 0.571. The molecule has 29 heavy (non-hydrogen) atoms. The summed E-state index contributed by atoms with van der Waals surface area (Å²) < 4.78 is 0. The van der Waals surface area contributed by atoms with E-state index in [0.29, 0.717) is 23.9 Å². The maximum Gasteiger partial charge on any atom is 0.0257 e. The highest BCUT2D eigenvalue weighted by Gasteiger charge is 2.46. The molecule has 2 aliphatic rings. The molecule has 0 saturated carbocycles. The Labute approximate surface area is 179 Å². The van der Waals surface area contributed by atoms with Gasteiger partial charge in [0, 0.05) is 17.5 Å². The highest BCUT2D eigenvalue weighted by molar-refractivity contribution is 5.46. The largest absolute Gasteiger partial charge is 0.307 e. The molecule has 3 rings (SSSR count). The van der Waals surface area contributed by atoms with Gasteiger partial charge in [-0.05, 0) is 62.5 Å². The zero-order valence-electron chi connectivity index (χ0n) is 19.5. The molecule has 2 aliphatic carbocycles. The van der Waals surface area contributed by atoms with Crippen LogP contribution in [0, 0.1) is 12.8 Å². The Morgan fingerprint density at radius 3 is 2.59 bits per heavy atom. The topological polar surface area (TPSA) is 12.0 Å². The first-order valence-corrected chi connectivity index (χ1v) is 11.8. The van der Waals surface area contributed by atoms with E-state index in [0.717, 1.165) is 0 Å². The van der Waals surface area contributed by atoms with E-state index in [2.05, 4.69) is 95.4 Å². The first-order valence-electron chi connectivity index (χ1n) is 11.8. The third-order valence-corrected chi connectivity index (χ3v) is 7.02. The molecule has 0 aliphatic heterocycles. The predicted octanol–water partition coefficient (Wildman–Crippen LogP) is 7.38. The van der Waals surface area contributed by atoms with Crippen LogP contribution in [0.15, 0.2) is 54.2 Å². The van der Waals surface area contributed by atoms with Crippen molar-refractivity contribution in [2.75, 3.05) is 0 Å². The lowest BCUT2D eigenvalue weighted by atomic mass is 9.62. The van der Waals surface area contributed by atoms with Gasteiger partial charge >= 0.3 is 0 Å². The Balaban J connectivity index is 1.89. The number of hydrogen-bond donors (Lipinski definition) is 1. The van der Waals surface area contributed by atoms with Crippen molar-refractivity contribution in [2.24, 2.45) is 5.92 Å². The Kier molecular flexibility index (Phi) is 7.22. The molecular weight excluding hydrogens is 350 g/mol. The molecule has 1 spiro atoms. The molecule has 3 unspecified atom stereocenters. The normalized spacial score (nSPS) is 24.6. The number of aryl methyl sites for hydroxylation is 1. The molecule has 0 bridgehead atoms. The molecule has 1 aromatic carbocycles. The van der Waals surface area contributed by atoms with Crippen LogP contribution in [-0.4, -0.2) is 12.1 Å². The van der Waals surface area contributed by atoms with Crippen LogP contribution in [0.25, 0.3) is 0 Å². The zero-order chi connectivity index (χ0) is 21.0. The second-order valence-electron chi connectivity index (χ2n) is 9.82. The van der Waals surface area contributed by atoms with Gasteiger partial charge in [0.2, 0.25) is 0 Å². The van der Waals surface area contributed by atoms with Crippen LogP contribution in [0.2, 0.25) is 0 Å². The van der Waals surface area contributed by atoms with Crippen molar-refractivity contribution in [3.63, 3.8) is 0 Å². The summed E-state index contributed by atoms with van der Waals surface area (Å²) in [6.07, 6.45) is 17.7. The van der Waals surface area contributed by atoms with Gasteiger partial charge in [0.25, 0.3) is 0 Å². The predicted molar refractivity (Wildman–Crippen MR) is 128 cm³/mol. The second kappa shape index (κ2) is 9.47. The van der Waals surface area contributed by atoms with Crippen LogP contribution in [0.1, 0.15) is 89.3 Å². The Morgan fingerprint density at radius 1 is 1.21 bits per heavy atom. The maximum atomic E-state index is 4.12. The lowest BCUT2D eigenvalue weighted by Crippen LogP contribution is -2.53. The van der Waals surface area contributed by atoms with E-state index in [1.54, 1.807) is 11.1 Å². The van der Waals surface area contributed by atoms with Crippen molar-refractivity contribution in [1.82, 2.24) is 5.32 Å². The van der Waals surface area contributed by atoms with Gasteiger partial charge in [-0.2, -0.15) is 0 Å². The van der Waals surface area contributed by atoms with E-state index in [1.807, 2.05) is 0 Å². The average Bonchev–Trinajstić information content (AvgIpc) is 3.16. The van der Waals surface area contributed by atoms with Crippen LogP contribution in [0.3, 0.4) is 0 Å². The minimum Gasteiger partial charge on any atom is -0.307 e. The second-order valence-corrected chi connectivity index (χ2v) is 9.82. The van der Waals surface area contributed by atoms with Gasteiger partial charge in [-0.3, -0.25) is 0 Å². The van der Waals surface area contributed by atoms with Crippen molar-refractivity contribution in [2.45, 2.75) is 97.1 Å². The number of benzene rings is 1. The smallest absolute Gasteiger partial charge is 0.0257 e. The van der Waals surface area contributed by atoms with Gasteiger partial charge in [0.1, 0.15) is 0 Å². The molecule has 3 atom stereocenters. The summed E-state index contributed by atoms with van der Waals surface area (Å²) in [7, 11) is 0. The molecule has 158 valence electrons. The van der Waals surface area contributed by atoms with Crippen molar-refractivity contribution in [1.29, 1.82) is 0 Å². The summed E-state index contributed by atoms with van der Waals surface area (Å²) in [4.78, 5) is 0. The zero-order valence-corrected chi connectivity index (χ0v) is 19.5. The molecule has 1 nitrogen and oxygen atoms in total. The minimum atomic E-state index is 0.229. The quantitative estimate of drug-likeness (QED) is 0.378. The van der Waals surface area contributed by atoms with Crippen LogP contribution in [-0.2, 0) is 5.41 Å². The maximum absolute atomic E-state index is 4.12. The lowest BCUT2D eigenvalue weighted by Gasteiger charge is -2.47. The minimum absolute atomic E-state index is 0.229. The SMILES string of the molecule is CCC/C(=C/C=C\C(C)C)C(C)NC1CC(C)c2ccc(C)cc2C12CC=CC2. The summed E-state index contributed by atoms with van der Waals surface area (Å²) >= 11 is 0. The van der Waals surface area contributed by atoms with Gasteiger partial charge in [0.05, 0.1) is 0 Å². The van der Waals surface area contributed by atoms with Crippen LogP contribution in [0.5, 0.6) is 0 Å². The Hall–Kier alpha value is -1.60. The lowest BCUT2D eigenvalue weighted by molar-refractivity contribution is 0.245. The van der Waals surface area contributed by atoms with E-state index in [1.165, 1.54) is 43.2 Å². The van der Waals surface area contributed by atoms with Crippen molar-refractivity contribution < 1.29 is 0 Å². The number of rotatable bonds is 7. The summed E-state index contributed by atoms with van der Waals surface area (Å²) in [5, 5.41) is 4.12. The first-order chi connectivity index (χ1) is 13.9. The number of allylic oxidation sites excluding steroid dienone is 5. The fourth-order valence-electron chi connectivity index (χ4n) is 5.37. The Bertz CT molecular complexity index is 772. The molecule has 0 fully saturated rings. The summed E-state index contributed by atoms with van der Waals surface area (Å²) in [6, 6.07) is 8.10. The third-order valence-electron chi connectivity index (χ3n) is 7.02. The summed E-state index contributed by atoms with van der Waals surface area (Å²) in [6.45, 7) is 13.8. The molecule has 0 heterocycles. The molecule has 0 amide bonds. The van der Waals surface area contributed by atoms with Crippen molar-refractivity contribution in [3.05, 3.63) is 70.8 Å². The number of fused-ring (bicyclic) bond motifs is 2. The fourth-order valence-corrected chi connectivity index (χ4v) is 5.37. The summed E-state index contributed by atoms with van der Waals surface area (Å²) in [5.41, 5.74) is 6.34. The van der Waals surface area contributed by atoms with E-state index in [-0.39, 0.29) is 5.41 Å². The van der Waals surface area contributed by atoms with Gasteiger partial charge in [-0.25, -0.2) is 0 Å². The standard InChI is InChI=1S/C28H41N/c1-7-11-24(13-10-12-20(2)3)23(6)29-27-19-22(5)25-15-14-21(4)18-26(25)28(27)16-8-9-17-28/h8-10,12-15,18,20,22-23,27,29H,7,11,16-17,19H2,1-6H3/b12-10-,24-13-. The molecule has 1 heteroatoms.